The molecule has 18 heavy (non-hydrogen) atoms. The minimum absolute atomic E-state index is 0. The van der Waals surface area contributed by atoms with Crippen LogP contribution in [0, 0.1) is 0 Å². The van der Waals surface area contributed by atoms with E-state index < -0.39 is 0 Å². The van der Waals surface area contributed by atoms with Gasteiger partial charge in [-0.2, -0.15) is 5.06 Å². The van der Waals surface area contributed by atoms with Gasteiger partial charge in [-0.15, -0.1) is 11.8 Å². The summed E-state index contributed by atoms with van der Waals surface area (Å²) in [5, 5.41) is 2.14. The third-order valence-corrected chi connectivity index (χ3v) is 4.22. The van der Waals surface area contributed by atoms with Crippen LogP contribution in [0.5, 0.6) is 0 Å². The van der Waals surface area contributed by atoms with Crippen LogP contribution < -0.4 is 0 Å². The third kappa shape index (κ3) is 6.87. The van der Waals surface area contributed by atoms with E-state index in [0.717, 1.165) is 4.20 Å². The zero-order chi connectivity index (χ0) is 13.7. The second-order valence-corrected chi connectivity index (χ2v) is 7.54. The Morgan fingerprint density at radius 3 is 1.67 bits per heavy atom. The van der Waals surface area contributed by atoms with Crippen molar-refractivity contribution in [2.24, 2.45) is 0 Å². The summed E-state index contributed by atoms with van der Waals surface area (Å²) in [7, 11) is 1.77. The van der Waals surface area contributed by atoms with E-state index in [4.69, 9.17) is 4.84 Å². The average Bonchev–Trinajstić information content (AvgIpc) is 2.16. The van der Waals surface area contributed by atoms with Gasteiger partial charge in [0, 0.05) is 32.1 Å². The average molecular weight is 336 g/mol. The molecule has 0 aromatic heterocycles. The molecule has 1 aliphatic rings. The molecule has 0 bridgehead atoms. The number of thiocarbonyl (C=S) groups is 1. The Bertz CT molecular complexity index is 241. The van der Waals surface area contributed by atoms with E-state index in [9.17, 15) is 0 Å². The fourth-order valence-corrected chi connectivity index (χ4v) is 2.47. The molecule has 1 rings (SSSR count). The summed E-state index contributed by atoms with van der Waals surface area (Å²) in [6.45, 7) is 10.9. The Morgan fingerprint density at radius 1 is 1.17 bits per heavy atom. The van der Waals surface area contributed by atoms with Crippen LogP contribution in [0.4, 0.5) is 0 Å². The van der Waals surface area contributed by atoms with Crippen molar-refractivity contribution in [3.8, 4) is 0 Å². The van der Waals surface area contributed by atoms with E-state index in [-0.39, 0.29) is 27.9 Å². The number of hydrogen-bond donors (Lipinski definition) is 0. The van der Waals surface area contributed by atoms with Gasteiger partial charge in [-0.25, -0.2) is 0 Å². The molecule has 111 valence electrons. The minimum Gasteiger partial charge on any atom is -0.301 e. The van der Waals surface area contributed by atoms with E-state index in [0.29, 0.717) is 0 Å². The fraction of sp³-hybridized carbons (Fsp3) is 0.923. The normalized spacial score (nSPS) is 21.3. The Hall–Kier alpha value is 0.866. The number of piperidine rings is 1. The Morgan fingerprint density at radius 2 is 1.50 bits per heavy atom. The van der Waals surface area contributed by atoms with E-state index in [1.807, 2.05) is 13.2 Å². The topological polar surface area (TPSA) is 12.5 Å². The van der Waals surface area contributed by atoms with Crippen molar-refractivity contribution < 1.29 is 21.6 Å². The smallest absolute Gasteiger partial charge is 0.0575 e. The van der Waals surface area contributed by atoms with Crippen LogP contribution in [-0.4, -0.2) is 33.7 Å². The van der Waals surface area contributed by atoms with Crippen molar-refractivity contribution in [1.29, 1.82) is 0 Å². The van der Waals surface area contributed by atoms with Gasteiger partial charge in [0.1, 0.15) is 0 Å². The molecule has 1 aliphatic heterocycles. The molecular weight excluding hydrogens is 309 g/mol. The van der Waals surface area contributed by atoms with Crippen molar-refractivity contribution in [2.75, 3.05) is 13.4 Å². The molecule has 1 saturated heterocycles. The molecule has 0 spiro atoms. The second-order valence-electron chi connectivity index (χ2n) is 5.65. The van der Waals surface area contributed by atoms with Crippen LogP contribution in [0.3, 0.4) is 0 Å². The molecular formula is C13H27CoNOS2. The van der Waals surface area contributed by atoms with Crippen LogP contribution in [0.1, 0.15) is 53.9 Å². The van der Waals surface area contributed by atoms with E-state index in [2.05, 4.69) is 45.0 Å². The zero-order valence-corrected chi connectivity index (χ0v) is 15.3. The largest absolute Gasteiger partial charge is 0.301 e. The summed E-state index contributed by atoms with van der Waals surface area (Å²) >= 11 is 6.27. The number of thioether (sulfide) groups is 1. The predicted molar refractivity (Wildman–Crippen MR) is 82.6 cm³/mol. The SMILES string of the molecule is CON1C(C)(C)CCCC1(C)C.CSC(C)=S.[Co]. The molecule has 0 aliphatic carbocycles. The quantitative estimate of drug-likeness (QED) is 0.662. The zero-order valence-electron chi connectivity index (χ0n) is 12.6. The molecule has 1 radical (unpaired) electrons. The molecule has 0 unspecified atom stereocenters. The maximum absolute atomic E-state index is 5.46. The maximum atomic E-state index is 5.46. The summed E-state index contributed by atoms with van der Waals surface area (Å²) < 4.78 is 1.00. The van der Waals surface area contributed by atoms with Crippen molar-refractivity contribution in [1.82, 2.24) is 5.06 Å². The molecule has 1 fully saturated rings. The summed E-state index contributed by atoms with van der Waals surface area (Å²) in [5.74, 6) is 0. The summed E-state index contributed by atoms with van der Waals surface area (Å²) in [5.41, 5.74) is 0.382. The van der Waals surface area contributed by atoms with Crippen LogP contribution in [-0.2, 0) is 21.6 Å². The van der Waals surface area contributed by atoms with Gasteiger partial charge in [-0.05, 0) is 60.1 Å². The molecule has 0 aromatic carbocycles. The summed E-state index contributed by atoms with van der Waals surface area (Å²) in [6.07, 6.45) is 5.73. The van der Waals surface area contributed by atoms with Gasteiger partial charge in [0.25, 0.3) is 0 Å². The maximum Gasteiger partial charge on any atom is 0.0575 e. The number of hydroxylamine groups is 2. The van der Waals surface area contributed by atoms with Gasteiger partial charge in [0.05, 0.1) is 7.11 Å². The van der Waals surface area contributed by atoms with Crippen molar-refractivity contribution >= 4 is 28.2 Å². The van der Waals surface area contributed by atoms with Crippen LogP contribution in [0.25, 0.3) is 0 Å². The Kier molecular flexibility index (Phi) is 10.5. The summed E-state index contributed by atoms with van der Waals surface area (Å²) in [4.78, 5) is 5.46. The predicted octanol–water partition coefficient (Wildman–Crippen LogP) is 4.29. The molecule has 2 nitrogen and oxygen atoms in total. The van der Waals surface area contributed by atoms with Crippen LogP contribution in [0.2, 0.25) is 0 Å². The van der Waals surface area contributed by atoms with E-state index in [1.165, 1.54) is 19.3 Å². The second kappa shape index (κ2) is 8.92. The fourth-order valence-electron chi connectivity index (χ4n) is 2.47. The van der Waals surface area contributed by atoms with Gasteiger partial charge >= 0.3 is 0 Å². The number of nitrogens with zero attached hydrogens (tertiary/aromatic N) is 1. The van der Waals surface area contributed by atoms with E-state index >= 15 is 0 Å². The number of rotatable bonds is 1. The molecule has 5 heteroatoms. The Balaban J connectivity index is 0. The van der Waals surface area contributed by atoms with Crippen molar-refractivity contribution in [3.05, 3.63) is 0 Å². The van der Waals surface area contributed by atoms with Gasteiger partial charge in [0.15, 0.2) is 0 Å². The Labute approximate surface area is 133 Å². The first kappa shape index (κ1) is 21.2. The van der Waals surface area contributed by atoms with E-state index in [1.54, 1.807) is 18.9 Å². The minimum atomic E-state index is 0. The van der Waals surface area contributed by atoms with Crippen molar-refractivity contribution in [2.45, 2.75) is 65.0 Å². The van der Waals surface area contributed by atoms with Crippen LogP contribution in [0.15, 0.2) is 0 Å². The molecule has 1 heterocycles. The molecule has 0 atom stereocenters. The molecule has 0 aromatic rings. The monoisotopic (exact) mass is 336 g/mol. The third-order valence-electron chi connectivity index (χ3n) is 3.15. The van der Waals surface area contributed by atoms with Gasteiger partial charge in [-0.3, -0.25) is 0 Å². The van der Waals surface area contributed by atoms with Gasteiger partial charge in [-0.1, -0.05) is 12.2 Å². The first-order chi connectivity index (χ1) is 7.67. The number of hydrogen-bond acceptors (Lipinski definition) is 4. The first-order valence-electron chi connectivity index (χ1n) is 6.06. The van der Waals surface area contributed by atoms with Gasteiger partial charge < -0.3 is 4.84 Å². The standard InChI is InChI=1S/C10H21NO.C3H6S2.Co/c1-9(2)7-6-8-10(3,4)11(9)12-5;1-3(4)5-2;/h6-8H2,1-5H3;1-2H3;. The molecule has 0 saturated carbocycles. The van der Waals surface area contributed by atoms with Gasteiger partial charge in [0.2, 0.25) is 0 Å². The molecule has 0 amide bonds. The summed E-state index contributed by atoms with van der Waals surface area (Å²) in [6, 6.07) is 0. The van der Waals surface area contributed by atoms with Crippen molar-refractivity contribution in [3.63, 3.8) is 0 Å². The van der Waals surface area contributed by atoms with Crippen LogP contribution >= 0.6 is 24.0 Å². The first-order valence-corrected chi connectivity index (χ1v) is 7.69. The molecule has 0 N–H and O–H groups in total.